The average molecular weight is 395 g/mol. The molecule has 26 heavy (non-hydrogen) atoms. The molecule has 0 aliphatic rings. The number of nitrogens with one attached hydrogen (secondary N) is 2. The van der Waals surface area contributed by atoms with Crippen molar-refractivity contribution in [1.82, 2.24) is 9.44 Å². The lowest BCUT2D eigenvalue weighted by Crippen LogP contribution is -2.52. The highest BCUT2D eigenvalue weighted by atomic mass is 32.2. The van der Waals surface area contributed by atoms with E-state index in [4.69, 9.17) is 5.11 Å². The van der Waals surface area contributed by atoms with Gasteiger partial charge in [0.05, 0.1) is 40.2 Å². The number of carboxylic acids is 1. The zero-order chi connectivity index (χ0) is 20.1. The molecule has 0 amide bonds. The number of nitrogens with zero attached hydrogens (tertiary/aromatic N) is 1. The van der Waals surface area contributed by atoms with Gasteiger partial charge >= 0.3 is 5.97 Å². The second kappa shape index (κ2) is 13.5. The van der Waals surface area contributed by atoms with Crippen molar-refractivity contribution in [3.8, 4) is 0 Å². The molecule has 0 spiro atoms. The van der Waals surface area contributed by atoms with Crippen LogP contribution >= 0.6 is 0 Å². The third-order valence-corrected chi connectivity index (χ3v) is 5.31. The molecule has 0 saturated heterocycles. The van der Waals surface area contributed by atoms with Gasteiger partial charge in [-0.15, -0.1) is 0 Å². The zero-order valence-electron chi connectivity index (χ0n) is 17.1. The van der Waals surface area contributed by atoms with Crippen LogP contribution in [0.2, 0.25) is 0 Å². The number of quaternary nitrogens is 1. The van der Waals surface area contributed by atoms with Crippen LogP contribution in [-0.4, -0.2) is 64.3 Å². The molecule has 0 rings (SSSR count). The topological polar surface area (TPSA) is 95.5 Å². The number of hydrogen-bond donors (Lipinski definition) is 3. The highest BCUT2D eigenvalue weighted by Gasteiger charge is 2.25. The molecule has 0 aromatic rings. The molecule has 0 fully saturated rings. The minimum atomic E-state index is -3.68. The number of likely N-dealkylation sites (N-methyl/N-ethyl adjacent to an activating group) is 1. The van der Waals surface area contributed by atoms with E-state index in [2.05, 4.69) is 16.4 Å². The maximum Gasteiger partial charge on any atom is 0.305 e. The van der Waals surface area contributed by atoms with E-state index in [0.29, 0.717) is 17.6 Å². The molecule has 0 aromatic heterocycles. The van der Waals surface area contributed by atoms with Crippen LogP contribution in [0.15, 0.2) is 0 Å². The summed E-state index contributed by atoms with van der Waals surface area (Å²) in [7, 11) is 2.03. The van der Waals surface area contributed by atoms with E-state index >= 15 is 0 Å². The first-order chi connectivity index (χ1) is 12.1. The SMILES string of the molecule is CCCCCCCCCCCNS(=O)(=O)NC(CC(=O)O)C[N+](C)(C)C. The van der Waals surface area contributed by atoms with E-state index in [0.717, 1.165) is 19.3 Å². The third kappa shape index (κ3) is 16.8. The van der Waals surface area contributed by atoms with E-state index in [1.54, 1.807) is 0 Å². The van der Waals surface area contributed by atoms with Gasteiger partial charge in [0.1, 0.15) is 0 Å². The minimum Gasteiger partial charge on any atom is -0.481 e. The maximum absolute atomic E-state index is 12.1. The number of aliphatic carboxylic acids is 1. The molecule has 0 bridgehead atoms. The Morgan fingerprint density at radius 3 is 1.92 bits per heavy atom. The lowest BCUT2D eigenvalue weighted by molar-refractivity contribution is -0.871. The van der Waals surface area contributed by atoms with Gasteiger partial charge in [-0.25, -0.2) is 4.72 Å². The third-order valence-electron chi connectivity index (χ3n) is 4.08. The standard InChI is InChI=1S/C18H39N3O4S/c1-5-6-7-8-9-10-11-12-13-14-19-26(24,25)20-17(15-18(22)23)16-21(2,3)4/h17,19-20H,5-16H2,1-4H3/p+1. The van der Waals surface area contributed by atoms with Crippen LogP contribution in [0.1, 0.15) is 71.1 Å². The Kier molecular flexibility index (Phi) is 13.1. The van der Waals surface area contributed by atoms with Crippen molar-refractivity contribution in [1.29, 1.82) is 0 Å². The molecule has 0 saturated carbocycles. The Hall–Kier alpha value is -0.700. The van der Waals surface area contributed by atoms with Gasteiger partial charge in [-0.05, 0) is 6.42 Å². The van der Waals surface area contributed by atoms with Crippen molar-refractivity contribution in [2.24, 2.45) is 0 Å². The van der Waals surface area contributed by atoms with E-state index in [1.807, 2.05) is 21.1 Å². The molecular formula is C18H40N3O4S+. The fourth-order valence-corrected chi connectivity index (χ4v) is 4.01. The number of carbonyl (C=O) groups is 1. The Morgan fingerprint density at radius 2 is 1.46 bits per heavy atom. The molecule has 0 heterocycles. The van der Waals surface area contributed by atoms with Crippen molar-refractivity contribution in [2.75, 3.05) is 34.2 Å². The lowest BCUT2D eigenvalue weighted by atomic mass is 10.1. The first kappa shape index (κ1) is 25.3. The van der Waals surface area contributed by atoms with E-state index < -0.39 is 22.2 Å². The molecule has 8 heteroatoms. The number of carboxylic acid groups (broad SMARTS) is 1. The molecule has 0 aliphatic heterocycles. The summed E-state index contributed by atoms with van der Waals surface area (Å²) in [6, 6.07) is -0.631. The molecule has 3 N–H and O–H groups in total. The smallest absolute Gasteiger partial charge is 0.305 e. The molecule has 0 aromatic carbocycles. The second-order valence-electron chi connectivity index (χ2n) is 8.11. The Labute approximate surface area is 160 Å². The minimum absolute atomic E-state index is 0.228. The predicted molar refractivity (Wildman–Crippen MR) is 106 cm³/mol. The van der Waals surface area contributed by atoms with Crippen LogP contribution in [0.5, 0.6) is 0 Å². The van der Waals surface area contributed by atoms with E-state index in [9.17, 15) is 13.2 Å². The van der Waals surface area contributed by atoms with Gasteiger partial charge in [0.25, 0.3) is 10.2 Å². The maximum atomic E-state index is 12.1. The van der Waals surface area contributed by atoms with Gasteiger partial charge in [-0.3, -0.25) is 4.79 Å². The molecule has 1 unspecified atom stereocenters. The zero-order valence-corrected chi connectivity index (χ0v) is 17.9. The van der Waals surface area contributed by atoms with Crippen LogP contribution in [-0.2, 0) is 15.0 Å². The van der Waals surface area contributed by atoms with Gasteiger partial charge in [-0.1, -0.05) is 58.3 Å². The van der Waals surface area contributed by atoms with Crippen LogP contribution < -0.4 is 9.44 Å². The summed E-state index contributed by atoms with van der Waals surface area (Å²) in [6.45, 7) is 3.00. The number of rotatable bonds is 17. The van der Waals surface area contributed by atoms with Gasteiger partial charge in [-0.2, -0.15) is 13.1 Å². The number of unbranched alkanes of at least 4 members (excludes halogenated alkanes) is 8. The summed E-state index contributed by atoms with van der Waals surface area (Å²) in [5.74, 6) is -1.01. The Balaban J connectivity index is 4.02. The van der Waals surface area contributed by atoms with Crippen molar-refractivity contribution in [3.05, 3.63) is 0 Å². The molecule has 0 aliphatic carbocycles. The lowest BCUT2D eigenvalue weighted by Gasteiger charge is -2.28. The summed E-state index contributed by atoms with van der Waals surface area (Å²) in [4.78, 5) is 11.0. The number of hydrogen-bond acceptors (Lipinski definition) is 3. The van der Waals surface area contributed by atoms with Gasteiger partial charge in [0.2, 0.25) is 0 Å². The summed E-state index contributed by atoms with van der Waals surface area (Å²) in [6.07, 6.45) is 10.4. The van der Waals surface area contributed by atoms with Crippen molar-refractivity contribution in [2.45, 2.75) is 77.2 Å². The Morgan fingerprint density at radius 1 is 0.962 bits per heavy atom. The summed E-state index contributed by atoms with van der Waals surface area (Å²) < 4.78 is 29.7. The van der Waals surface area contributed by atoms with Crippen molar-refractivity contribution >= 4 is 16.2 Å². The Bertz CT molecular complexity index is 475. The second-order valence-corrected chi connectivity index (χ2v) is 9.64. The van der Waals surface area contributed by atoms with Crippen molar-refractivity contribution < 1.29 is 22.8 Å². The molecule has 1 atom stereocenters. The summed E-state index contributed by atoms with van der Waals surface area (Å²) in [5, 5.41) is 8.98. The van der Waals surface area contributed by atoms with E-state index in [-0.39, 0.29) is 6.42 Å². The van der Waals surface area contributed by atoms with Crippen LogP contribution in [0.3, 0.4) is 0 Å². The fraction of sp³-hybridized carbons (Fsp3) is 0.944. The van der Waals surface area contributed by atoms with Gasteiger partial charge < -0.3 is 9.59 Å². The van der Waals surface area contributed by atoms with Crippen LogP contribution in [0, 0.1) is 0 Å². The molecule has 0 radical (unpaired) electrons. The fourth-order valence-electron chi connectivity index (χ4n) is 2.92. The highest BCUT2D eigenvalue weighted by molar-refractivity contribution is 7.87. The van der Waals surface area contributed by atoms with Crippen molar-refractivity contribution in [3.63, 3.8) is 0 Å². The van der Waals surface area contributed by atoms with Crippen LogP contribution in [0.4, 0.5) is 0 Å². The molecule has 7 nitrogen and oxygen atoms in total. The highest BCUT2D eigenvalue weighted by Crippen LogP contribution is 2.09. The monoisotopic (exact) mass is 394 g/mol. The van der Waals surface area contributed by atoms with Gasteiger partial charge in [0, 0.05) is 6.54 Å². The summed E-state index contributed by atoms with van der Waals surface area (Å²) in [5.41, 5.74) is 0. The van der Waals surface area contributed by atoms with Crippen LogP contribution in [0.25, 0.3) is 0 Å². The summed E-state index contributed by atoms with van der Waals surface area (Å²) >= 11 is 0. The molecular weight excluding hydrogens is 354 g/mol. The normalized spacial score (nSPS) is 13.7. The first-order valence-electron chi connectivity index (χ1n) is 9.85. The van der Waals surface area contributed by atoms with Gasteiger partial charge in [0.15, 0.2) is 0 Å². The predicted octanol–water partition coefficient (Wildman–Crippen LogP) is 2.49. The van der Waals surface area contributed by atoms with E-state index in [1.165, 1.54) is 38.5 Å². The largest absolute Gasteiger partial charge is 0.481 e. The quantitative estimate of drug-likeness (QED) is 0.261. The first-order valence-corrected chi connectivity index (χ1v) is 11.3. The molecule has 156 valence electrons. The average Bonchev–Trinajstić information content (AvgIpc) is 2.46.